The molecule has 0 aromatic heterocycles. The van der Waals surface area contributed by atoms with Gasteiger partial charge in [0.1, 0.15) is 5.75 Å². The number of benzene rings is 1. The first-order valence-corrected chi connectivity index (χ1v) is 5.83. The molecule has 0 saturated heterocycles. The summed E-state index contributed by atoms with van der Waals surface area (Å²) in [6.45, 7) is 4.01. The summed E-state index contributed by atoms with van der Waals surface area (Å²) >= 11 is 0. The van der Waals surface area contributed by atoms with Gasteiger partial charge in [-0.3, -0.25) is 4.79 Å². The first-order chi connectivity index (χ1) is 7.65. The third-order valence-electron chi connectivity index (χ3n) is 3.70. The van der Waals surface area contributed by atoms with Crippen LogP contribution in [0.2, 0.25) is 0 Å². The van der Waals surface area contributed by atoms with Gasteiger partial charge in [-0.15, -0.1) is 0 Å². The minimum atomic E-state index is 0.270. The summed E-state index contributed by atoms with van der Waals surface area (Å²) in [5.74, 6) is 1.45. The van der Waals surface area contributed by atoms with Crippen molar-refractivity contribution in [2.45, 2.75) is 33.1 Å². The Morgan fingerprint density at radius 3 is 2.44 bits per heavy atom. The average Bonchev–Trinajstić information content (AvgIpc) is 2.19. The Morgan fingerprint density at radius 2 is 1.94 bits per heavy atom. The standard InChI is InChI=1S/C14H18O2/c1-9-10(2)13(16-3)8-7-12(9)14(15)11-5-4-6-11/h7-8,11H,4-6H2,1-3H3. The minimum Gasteiger partial charge on any atom is -0.496 e. The number of ether oxygens (including phenoxy) is 1. The molecule has 1 aromatic carbocycles. The lowest BCUT2D eigenvalue weighted by Crippen LogP contribution is -2.22. The molecule has 0 amide bonds. The highest BCUT2D eigenvalue weighted by Crippen LogP contribution is 2.32. The Kier molecular flexibility index (Phi) is 2.99. The quantitative estimate of drug-likeness (QED) is 0.728. The lowest BCUT2D eigenvalue weighted by atomic mass is 9.79. The van der Waals surface area contributed by atoms with Gasteiger partial charge in [0.15, 0.2) is 5.78 Å². The minimum absolute atomic E-state index is 0.270. The van der Waals surface area contributed by atoms with E-state index in [-0.39, 0.29) is 5.92 Å². The molecular weight excluding hydrogens is 200 g/mol. The van der Waals surface area contributed by atoms with E-state index in [2.05, 4.69) is 0 Å². The van der Waals surface area contributed by atoms with Gasteiger partial charge in [0.05, 0.1) is 7.11 Å². The van der Waals surface area contributed by atoms with Crippen molar-refractivity contribution in [3.63, 3.8) is 0 Å². The molecule has 0 spiro atoms. The summed E-state index contributed by atoms with van der Waals surface area (Å²) in [6.07, 6.45) is 3.32. The van der Waals surface area contributed by atoms with Gasteiger partial charge < -0.3 is 4.74 Å². The van der Waals surface area contributed by atoms with Crippen LogP contribution >= 0.6 is 0 Å². The number of rotatable bonds is 3. The van der Waals surface area contributed by atoms with Crippen LogP contribution in [0.15, 0.2) is 12.1 Å². The Bertz CT molecular complexity index is 417. The lowest BCUT2D eigenvalue weighted by molar-refractivity contribution is 0.0854. The number of hydrogen-bond acceptors (Lipinski definition) is 2. The topological polar surface area (TPSA) is 26.3 Å². The van der Waals surface area contributed by atoms with Crippen LogP contribution in [0.5, 0.6) is 5.75 Å². The third kappa shape index (κ3) is 1.73. The van der Waals surface area contributed by atoms with E-state index in [0.29, 0.717) is 5.78 Å². The molecule has 0 radical (unpaired) electrons. The zero-order valence-corrected chi connectivity index (χ0v) is 10.2. The van der Waals surface area contributed by atoms with Crippen LogP contribution in [0.3, 0.4) is 0 Å². The van der Waals surface area contributed by atoms with Crippen LogP contribution in [0, 0.1) is 19.8 Å². The Morgan fingerprint density at radius 1 is 1.25 bits per heavy atom. The van der Waals surface area contributed by atoms with Crippen molar-refractivity contribution >= 4 is 5.78 Å². The van der Waals surface area contributed by atoms with Crippen LogP contribution in [0.4, 0.5) is 0 Å². The number of Topliss-reactive ketones (excluding diaryl/α,β-unsaturated/α-hetero) is 1. The largest absolute Gasteiger partial charge is 0.496 e. The maximum Gasteiger partial charge on any atom is 0.166 e. The number of ketones is 1. The van der Waals surface area contributed by atoms with Crippen molar-refractivity contribution in [2.24, 2.45) is 5.92 Å². The maximum absolute atomic E-state index is 12.2. The fourth-order valence-electron chi connectivity index (χ4n) is 2.17. The first kappa shape index (κ1) is 11.2. The Labute approximate surface area is 96.6 Å². The van der Waals surface area contributed by atoms with Gasteiger partial charge in [-0.25, -0.2) is 0 Å². The molecule has 0 atom stereocenters. The van der Waals surface area contributed by atoms with Gasteiger partial charge in [0.2, 0.25) is 0 Å². The molecule has 0 aliphatic heterocycles. The van der Waals surface area contributed by atoms with E-state index in [1.807, 2.05) is 26.0 Å². The van der Waals surface area contributed by atoms with Gasteiger partial charge in [0, 0.05) is 11.5 Å². The van der Waals surface area contributed by atoms with Crippen LogP contribution < -0.4 is 4.74 Å². The maximum atomic E-state index is 12.2. The fraction of sp³-hybridized carbons (Fsp3) is 0.500. The van der Waals surface area contributed by atoms with Crippen LogP contribution in [-0.2, 0) is 0 Å². The normalized spacial score (nSPS) is 15.7. The summed E-state index contributed by atoms with van der Waals surface area (Å²) in [5.41, 5.74) is 3.02. The van der Waals surface area contributed by atoms with Gasteiger partial charge >= 0.3 is 0 Å². The van der Waals surface area contributed by atoms with Crippen molar-refractivity contribution in [3.05, 3.63) is 28.8 Å². The fourth-order valence-corrected chi connectivity index (χ4v) is 2.17. The molecule has 0 unspecified atom stereocenters. The van der Waals surface area contributed by atoms with Crippen LogP contribution in [-0.4, -0.2) is 12.9 Å². The van der Waals surface area contributed by atoms with E-state index in [1.54, 1.807) is 7.11 Å². The summed E-state index contributed by atoms with van der Waals surface area (Å²) in [4.78, 5) is 12.2. The van der Waals surface area contributed by atoms with Crippen molar-refractivity contribution in [1.82, 2.24) is 0 Å². The van der Waals surface area contributed by atoms with E-state index in [4.69, 9.17) is 4.74 Å². The molecule has 0 bridgehead atoms. The summed E-state index contributed by atoms with van der Waals surface area (Å²) < 4.78 is 5.25. The van der Waals surface area contributed by atoms with E-state index in [9.17, 15) is 4.79 Å². The highest BCUT2D eigenvalue weighted by Gasteiger charge is 2.27. The molecule has 1 fully saturated rings. The Hall–Kier alpha value is -1.31. The zero-order chi connectivity index (χ0) is 11.7. The molecule has 1 saturated carbocycles. The molecule has 16 heavy (non-hydrogen) atoms. The zero-order valence-electron chi connectivity index (χ0n) is 10.2. The molecule has 2 nitrogen and oxygen atoms in total. The predicted molar refractivity (Wildman–Crippen MR) is 64.1 cm³/mol. The van der Waals surface area contributed by atoms with E-state index >= 15 is 0 Å². The van der Waals surface area contributed by atoms with Crippen molar-refractivity contribution in [3.8, 4) is 5.75 Å². The molecule has 1 aliphatic carbocycles. The van der Waals surface area contributed by atoms with E-state index < -0.39 is 0 Å². The number of carbonyl (C=O) groups excluding carboxylic acids is 1. The number of hydrogen-bond donors (Lipinski definition) is 0. The van der Waals surface area contributed by atoms with Gasteiger partial charge in [-0.1, -0.05) is 6.42 Å². The smallest absolute Gasteiger partial charge is 0.166 e. The summed E-state index contributed by atoms with van der Waals surface area (Å²) in [7, 11) is 1.66. The molecular formula is C14H18O2. The lowest BCUT2D eigenvalue weighted by Gasteiger charge is -2.25. The van der Waals surface area contributed by atoms with Crippen LogP contribution in [0.1, 0.15) is 40.7 Å². The van der Waals surface area contributed by atoms with Crippen molar-refractivity contribution < 1.29 is 9.53 Å². The van der Waals surface area contributed by atoms with Crippen molar-refractivity contribution in [2.75, 3.05) is 7.11 Å². The second-order valence-corrected chi connectivity index (χ2v) is 4.56. The van der Waals surface area contributed by atoms with Crippen molar-refractivity contribution in [1.29, 1.82) is 0 Å². The van der Waals surface area contributed by atoms with E-state index in [0.717, 1.165) is 35.3 Å². The van der Waals surface area contributed by atoms with E-state index in [1.165, 1.54) is 6.42 Å². The highest BCUT2D eigenvalue weighted by molar-refractivity contribution is 6.00. The molecule has 86 valence electrons. The molecule has 2 heteroatoms. The highest BCUT2D eigenvalue weighted by atomic mass is 16.5. The second-order valence-electron chi connectivity index (χ2n) is 4.56. The van der Waals surface area contributed by atoms with Gasteiger partial charge in [-0.2, -0.15) is 0 Å². The number of methoxy groups -OCH3 is 1. The predicted octanol–water partition coefficient (Wildman–Crippen LogP) is 3.29. The average molecular weight is 218 g/mol. The molecule has 2 rings (SSSR count). The molecule has 0 heterocycles. The van der Waals surface area contributed by atoms with Gasteiger partial charge in [-0.05, 0) is 49.9 Å². The first-order valence-electron chi connectivity index (χ1n) is 5.83. The summed E-state index contributed by atoms with van der Waals surface area (Å²) in [6, 6.07) is 3.80. The van der Waals surface area contributed by atoms with Gasteiger partial charge in [0.25, 0.3) is 0 Å². The van der Waals surface area contributed by atoms with Crippen LogP contribution in [0.25, 0.3) is 0 Å². The molecule has 1 aliphatic rings. The third-order valence-corrected chi connectivity index (χ3v) is 3.70. The SMILES string of the molecule is COc1ccc(C(=O)C2CCC2)c(C)c1C. The Balaban J connectivity index is 2.34. The summed E-state index contributed by atoms with van der Waals surface area (Å²) in [5, 5.41) is 0. The molecule has 0 N–H and O–H groups in total. The second kappa shape index (κ2) is 4.28. The number of carbonyl (C=O) groups is 1. The molecule has 1 aromatic rings. The monoisotopic (exact) mass is 218 g/mol.